The van der Waals surface area contributed by atoms with Crippen LogP contribution in [-0.4, -0.2) is 71.5 Å². The summed E-state index contributed by atoms with van der Waals surface area (Å²) in [5.41, 5.74) is -0.756. The number of ether oxygens (including phenoxy) is 1. The number of aliphatic imine (C=N–C) groups is 1. The van der Waals surface area contributed by atoms with Gasteiger partial charge in [-0.25, -0.2) is 22.9 Å². The minimum Gasteiger partial charge on any atom is -0.481 e. The summed E-state index contributed by atoms with van der Waals surface area (Å²) < 4.78 is 46.5. The molecular formula is C25H28ClF3N4O4S. The minimum absolute atomic E-state index is 0.0120. The van der Waals surface area contributed by atoms with Crippen LogP contribution in [0.3, 0.4) is 0 Å². The number of alkyl halides is 2. The maximum Gasteiger partial charge on any atom is 0.337 e. The second-order valence-corrected chi connectivity index (χ2v) is 10.6. The van der Waals surface area contributed by atoms with Gasteiger partial charge in [0.25, 0.3) is 5.92 Å². The average molecular weight is 573 g/mol. The molecule has 0 spiro atoms. The molecule has 0 bridgehead atoms. The van der Waals surface area contributed by atoms with Crippen molar-refractivity contribution in [3.63, 3.8) is 0 Å². The summed E-state index contributed by atoms with van der Waals surface area (Å²) in [4.78, 5) is 33.4. The van der Waals surface area contributed by atoms with Crippen LogP contribution in [0.15, 0.2) is 52.1 Å². The lowest BCUT2D eigenvalue weighted by atomic mass is 9.80. The predicted octanol–water partition coefficient (Wildman–Crippen LogP) is 4.61. The number of nitrogens with zero attached hydrogens (tertiary/aromatic N) is 3. The van der Waals surface area contributed by atoms with Crippen LogP contribution in [0.4, 0.5) is 13.2 Å². The first-order chi connectivity index (χ1) is 17.9. The van der Waals surface area contributed by atoms with Gasteiger partial charge in [0.15, 0.2) is 10.8 Å². The Morgan fingerprint density at radius 3 is 2.63 bits per heavy atom. The van der Waals surface area contributed by atoms with Crippen molar-refractivity contribution in [1.29, 1.82) is 0 Å². The summed E-state index contributed by atoms with van der Waals surface area (Å²) in [7, 11) is 1.25. The number of carbonyl (C=O) groups excluding carboxylic acids is 1. The largest absolute Gasteiger partial charge is 0.481 e. The Morgan fingerprint density at radius 1 is 1.34 bits per heavy atom. The number of thiazole rings is 1. The highest BCUT2D eigenvalue weighted by molar-refractivity contribution is 7.11. The van der Waals surface area contributed by atoms with Crippen LogP contribution in [0.2, 0.25) is 5.02 Å². The van der Waals surface area contributed by atoms with Gasteiger partial charge in [0, 0.05) is 46.7 Å². The number of nitrogens with one attached hydrogen (secondary N) is 1. The second kappa shape index (κ2) is 12.3. The molecule has 206 valence electrons. The van der Waals surface area contributed by atoms with Crippen LogP contribution in [0, 0.1) is 11.2 Å². The van der Waals surface area contributed by atoms with Gasteiger partial charge < -0.3 is 15.2 Å². The van der Waals surface area contributed by atoms with E-state index in [-0.39, 0.29) is 37.3 Å². The van der Waals surface area contributed by atoms with E-state index in [1.54, 1.807) is 28.6 Å². The molecule has 4 rings (SSSR count). The van der Waals surface area contributed by atoms with E-state index in [2.05, 4.69) is 15.3 Å². The van der Waals surface area contributed by atoms with Crippen molar-refractivity contribution in [3.8, 4) is 0 Å². The number of amidine groups is 1. The summed E-state index contributed by atoms with van der Waals surface area (Å²) >= 11 is 6.76. The van der Waals surface area contributed by atoms with Crippen molar-refractivity contribution in [3.05, 3.63) is 63.0 Å². The lowest BCUT2D eigenvalue weighted by Gasteiger charge is -2.34. The first-order valence-electron chi connectivity index (χ1n) is 11.6. The van der Waals surface area contributed by atoms with Gasteiger partial charge in [-0.2, -0.15) is 0 Å². The molecule has 38 heavy (non-hydrogen) atoms. The third kappa shape index (κ3) is 6.91. The van der Waals surface area contributed by atoms with Crippen LogP contribution < -0.4 is 5.32 Å². The first-order valence-corrected chi connectivity index (χ1v) is 12.9. The van der Waals surface area contributed by atoms with Gasteiger partial charge in [0.2, 0.25) is 0 Å². The second-order valence-electron chi connectivity index (χ2n) is 9.30. The van der Waals surface area contributed by atoms with Gasteiger partial charge in [-0.15, -0.1) is 11.3 Å². The van der Waals surface area contributed by atoms with Crippen LogP contribution in [0.5, 0.6) is 0 Å². The van der Waals surface area contributed by atoms with E-state index in [9.17, 15) is 22.8 Å². The average Bonchev–Trinajstić information content (AvgIpc) is 3.43. The fourth-order valence-electron chi connectivity index (χ4n) is 4.32. The molecule has 2 aromatic rings. The van der Waals surface area contributed by atoms with Crippen LogP contribution in [-0.2, 0) is 14.3 Å². The molecule has 1 fully saturated rings. The third-order valence-corrected chi connectivity index (χ3v) is 7.51. The molecule has 2 aliphatic rings. The number of aliphatic carboxylic acids is 1. The summed E-state index contributed by atoms with van der Waals surface area (Å²) in [6.45, 7) is 2.42. The quantitative estimate of drug-likeness (QED) is 0.467. The number of esters is 1. The fourth-order valence-corrected chi connectivity index (χ4v) is 5.10. The van der Waals surface area contributed by atoms with E-state index in [1.807, 2.05) is 0 Å². The molecule has 2 aliphatic heterocycles. The van der Waals surface area contributed by atoms with E-state index < -0.39 is 35.9 Å². The highest BCUT2D eigenvalue weighted by Gasteiger charge is 2.60. The highest BCUT2D eigenvalue weighted by Crippen LogP contribution is 2.49. The number of hydrogen-bond acceptors (Lipinski definition) is 8. The van der Waals surface area contributed by atoms with Gasteiger partial charge in [-0.05, 0) is 24.6 Å². The molecule has 8 nitrogen and oxygen atoms in total. The number of rotatable bonds is 7. The molecule has 1 aromatic carbocycles. The molecule has 1 aromatic heterocycles. The van der Waals surface area contributed by atoms with E-state index in [1.165, 1.54) is 44.4 Å². The Morgan fingerprint density at radius 2 is 2.08 bits per heavy atom. The molecule has 1 atom stereocenters. The van der Waals surface area contributed by atoms with Crippen molar-refractivity contribution in [2.75, 3.05) is 26.7 Å². The molecule has 0 radical (unpaired) electrons. The van der Waals surface area contributed by atoms with Crippen LogP contribution in [0.25, 0.3) is 0 Å². The van der Waals surface area contributed by atoms with E-state index in [0.29, 0.717) is 21.6 Å². The molecular weight excluding hydrogens is 545 g/mol. The molecule has 0 saturated carbocycles. The van der Waals surface area contributed by atoms with Gasteiger partial charge in [0.05, 0.1) is 25.8 Å². The Labute approximate surface area is 227 Å². The van der Waals surface area contributed by atoms with Crippen molar-refractivity contribution in [2.24, 2.45) is 10.4 Å². The van der Waals surface area contributed by atoms with Crippen molar-refractivity contribution >= 4 is 40.7 Å². The molecule has 1 unspecified atom stereocenters. The number of benzene rings is 1. The first kappa shape index (κ1) is 29.6. The number of halogens is 4. The monoisotopic (exact) mass is 572 g/mol. The molecule has 0 amide bonds. The van der Waals surface area contributed by atoms with Crippen LogP contribution in [0.1, 0.15) is 31.7 Å². The maximum absolute atomic E-state index is 14.8. The SMILES string of the molecule is COC(=O)C1=C(CN2CC(F)(F)C(C)(C)C2CCC(=O)O)NC(c2nccs2)=NC1.Fc1cccc(Cl)c1. The minimum atomic E-state index is -3.01. The van der Waals surface area contributed by atoms with E-state index in [4.69, 9.17) is 21.4 Å². The zero-order chi connectivity index (χ0) is 28.1. The molecule has 3 heterocycles. The normalized spacial score (nSPS) is 20.2. The maximum atomic E-state index is 14.8. The summed E-state index contributed by atoms with van der Waals surface area (Å²) in [6.07, 6.45) is 1.48. The summed E-state index contributed by atoms with van der Waals surface area (Å²) in [5, 5.41) is 15.0. The molecule has 1 saturated heterocycles. The molecule has 0 aliphatic carbocycles. The number of carboxylic acid groups (broad SMARTS) is 1. The fraction of sp³-hybridized carbons (Fsp3) is 0.440. The van der Waals surface area contributed by atoms with Crippen molar-refractivity contribution < 1.29 is 32.6 Å². The lowest BCUT2D eigenvalue weighted by molar-refractivity contribution is -0.138. The molecule has 13 heteroatoms. The molecule has 2 N–H and O–H groups in total. The van der Waals surface area contributed by atoms with Crippen LogP contribution >= 0.6 is 22.9 Å². The Kier molecular flexibility index (Phi) is 9.55. The lowest BCUT2D eigenvalue weighted by Crippen LogP contribution is -2.43. The zero-order valence-electron chi connectivity index (χ0n) is 21.0. The highest BCUT2D eigenvalue weighted by atomic mass is 35.5. The number of hydrogen-bond donors (Lipinski definition) is 2. The van der Waals surface area contributed by atoms with E-state index >= 15 is 0 Å². The Bertz CT molecular complexity index is 1200. The number of aromatic nitrogens is 1. The Hall–Kier alpha value is -2.96. The van der Waals surface area contributed by atoms with Gasteiger partial charge in [-0.1, -0.05) is 31.5 Å². The van der Waals surface area contributed by atoms with Gasteiger partial charge in [-0.3, -0.25) is 14.7 Å². The number of likely N-dealkylation sites (tertiary alicyclic amines) is 1. The summed E-state index contributed by atoms with van der Waals surface area (Å²) in [6, 6.07) is 5.13. The van der Waals surface area contributed by atoms with E-state index in [0.717, 1.165) is 0 Å². The third-order valence-electron chi connectivity index (χ3n) is 6.49. The zero-order valence-corrected chi connectivity index (χ0v) is 22.6. The van der Waals surface area contributed by atoms with Crippen molar-refractivity contribution in [2.45, 2.75) is 38.7 Å². The number of carboxylic acids is 1. The van der Waals surface area contributed by atoms with Crippen molar-refractivity contribution in [1.82, 2.24) is 15.2 Å². The Balaban J connectivity index is 0.000000427. The van der Waals surface area contributed by atoms with Gasteiger partial charge in [0.1, 0.15) is 5.82 Å². The number of methoxy groups -OCH3 is 1. The predicted molar refractivity (Wildman–Crippen MR) is 138 cm³/mol. The topological polar surface area (TPSA) is 104 Å². The smallest absolute Gasteiger partial charge is 0.337 e. The number of carbonyl (C=O) groups is 2. The van der Waals surface area contributed by atoms with Gasteiger partial charge >= 0.3 is 11.9 Å². The summed E-state index contributed by atoms with van der Waals surface area (Å²) in [5.74, 6) is -4.48. The standard InChI is InChI=1S/C19H24F2N4O4S.C6H4ClF/c1-18(2)13(4-5-14(26)27)25(10-19(18,20)21)9-12-11(17(28)29-3)8-23-15(24-12)16-22-6-7-30-16;7-5-2-1-3-6(8)4-5/h6-7,13H,4-5,8-10H2,1-3H3,(H,23,24)(H,26,27);1-4H.